The molecular formula is C15H10Cl2F3NO2. The number of halogens is 5. The molecule has 0 heterocycles. The van der Waals surface area contributed by atoms with E-state index in [1.54, 1.807) is 12.1 Å². The molecule has 122 valence electrons. The van der Waals surface area contributed by atoms with E-state index in [4.69, 9.17) is 27.9 Å². The molecular weight excluding hydrogens is 354 g/mol. The van der Waals surface area contributed by atoms with Crippen LogP contribution in [0.3, 0.4) is 0 Å². The molecule has 0 aromatic heterocycles. The SMILES string of the molecule is O=C(COc1ccc(Cl)cc1)Nc1c(Cl)cccc1C(F)(F)F. The zero-order chi connectivity index (χ0) is 17.0. The van der Waals surface area contributed by atoms with Gasteiger partial charge in [0, 0.05) is 5.02 Å². The standard InChI is InChI=1S/C15H10Cl2F3NO2/c16-9-4-6-10(7-5-9)23-8-13(22)21-14-11(15(18,19)20)2-1-3-12(14)17/h1-7H,8H2,(H,21,22). The predicted octanol–water partition coefficient (Wildman–Crippen LogP) is 5.03. The summed E-state index contributed by atoms with van der Waals surface area (Å²) in [5.74, 6) is -0.404. The van der Waals surface area contributed by atoms with Crippen LogP contribution in [-0.4, -0.2) is 12.5 Å². The fourth-order valence-electron chi connectivity index (χ4n) is 1.74. The Morgan fingerprint density at radius 1 is 1.09 bits per heavy atom. The second-order valence-corrected chi connectivity index (χ2v) is 5.29. The Morgan fingerprint density at radius 3 is 2.35 bits per heavy atom. The number of para-hydroxylation sites is 1. The molecule has 0 radical (unpaired) electrons. The fourth-order valence-corrected chi connectivity index (χ4v) is 2.09. The van der Waals surface area contributed by atoms with Gasteiger partial charge in [0.25, 0.3) is 5.91 Å². The van der Waals surface area contributed by atoms with Crippen LogP contribution in [0.25, 0.3) is 0 Å². The van der Waals surface area contributed by atoms with Crippen molar-refractivity contribution in [2.24, 2.45) is 0 Å². The van der Waals surface area contributed by atoms with Crippen LogP contribution < -0.4 is 10.1 Å². The van der Waals surface area contributed by atoms with E-state index < -0.39 is 29.9 Å². The molecule has 1 amide bonds. The highest BCUT2D eigenvalue weighted by molar-refractivity contribution is 6.34. The highest BCUT2D eigenvalue weighted by atomic mass is 35.5. The van der Waals surface area contributed by atoms with Gasteiger partial charge in [-0.25, -0.2) is 0 Å². The first-order chi connectivity index (χ1) is 10.8. The highest BCUT2D eigenvalue weighted by Crippen LogP contribution is 2.38. The van der Waals surface area contributed by atoms with Crippen LogP contribution in [0.2, 0.25) is 10.0 Å². The van der Waals surface area contributed by atoms with E-state index in [9.17, 15) is 18.0 Å². The summed E-state index contributed by atoms with van der Waals surface area (Å²) >= 11 is 11.4. The summed E-state index contributed by atoms with van der Waals surface area (Å²) in [4.78, 5) is 11.8. The van der Waals surface area contributed by atoms with Crippen molar-refractivity contribution in [1.29, 1.82) is 0 Å². The van der Waals surface area contributed by atoms with Gasteiger partial charge in [0.15, 0.2) is 6.61 Å². The lowest BCUT2D eigenvalue weighted by atomic mass is 10.1. The van der Waals surface area contributed by atoms with E-state index in [0.717, 1.165) is 12.1 Å². The molecule has 0 saturated heterocycles. The van der Waals surface area contributed by atoms with Crippen LogP contribution >= 0.6 is 23.2 Å². The summed E-state index contributed by atoms with van der Waals surface area (Å²) in [5, 5.41) is 2.41. The molecule has 2 aromatic carbocycles. The molecule has 0 aliphatic carbocycles. The molecule has 0 atom stereocenters. The maximum absolute atomic E-state index is 12.9. The van der Waals surface area contributed by atoms with Crippen molar-refractivity contribution < 1.29 is 22.7 Å². The lowest BCUT2D eigenvalue weighted by Gasteiger charge is -2.15. The van der Waals surface area contributed by atoms with Crippen LogP contribution in [0, 0.1) is 0 Å². The minimum atomic E-state index is -4.63. The monoisotopic (exact) mass is 363 g/mol. The van der Waals surface area contributed by atoms with E-state index in [1.807, 2.05) is 0 Å². The van der Waals surface area contributed by atoms with Crippen molar-refractivity contribution in [2.45, 2.75) is 6.18 Å². The second kappa shape index (κ2) is 7.10. The first-order valence-electron chi connectivity index (χ1n) is 6.31. The Bertz CT molecular complexity index is 703. The normalized spacial score (nSPS) is 11.2. The molecule has 0 aliphatic rings. The van der Waals surface area contributed by atoms with Crippen molar-refractivity contribution in [1.82, 2.24) is 0 Å². The van der Waals surface area contributed by atoms with Crippen LogP contribution in [0.15, 0.2) is 42.5 Å². The van der Waals surface area contributed by atoms with Crippen LogP contribution in [0.4, 0.5) is 18.9 Å². The van der Waals surface area contributed by atoms with Gasteiger partial charge >= 0.3 is 6.18 Å². The third-order valence-corrected chi connectivity index (χ3v) is 3.33. The van der Waals surface area contributed by atoms with Gasteiger partial charge in [-0.1, -0.05) is 29.3 Å². The van der Waals surface area contributed by atoms with E-state index in [-0.39, 0.29) is 5.02 Å². The number of nitrogens with one attached hydrogen (secondary N) is 1. The van der Waals surface area contributed by atoms with Crippen molar-refractivity contribution >= 4 is 34.8 Å². The molecule has 0 saturated carbocycles. The van der Waals surface area contributed by atoms with E-state index in [1.165, 1.54) is 18.2 Å². The van der Waals surface area contributed by atoms with Gasteiger partial charge in [-0.05, 0) is 36.4 Å². The summed E-state index contributed by atoms with van der Waals surface area (Å²) in [6.07, 6.45) is -4.63. The zero-order valence-electron chi connectivity index (χ0n) is 11.5. The Kier molecular flexibility index (Phi) is 5.38. The molecule has 1 N–H and O–H groups in total. The van der Waals surface area contributed by atoms with Crippen LogP contribution in [0.5, 0.6) is 5.75 Å². The van der Waals surface area contributed by atoms with Crippen molar-refractivity contribution in [3.05, 3.63) is 58.1 Å². The molecule has 0 bridgehead atoms. The van der Waals surface area contributed by atoms with Crippen LogP contribution in [0.1, 0.15) is 5.56 Å². The fraction of sp³-hybridized carbons (Fsp3) is 0.133. The summed E-state index contributed by atoms with van der Waals surface area (Å²) in [5.41, 5.74) is -1.52. The lowest BCUT2D eigenvalue weighted by molar-refractivity contribution is -0.137. The molecule has 0 spiro atoms. The maximum Gasteiger partial charge on any atom is 0.418 e. The molecule has 23 heavy (non-hydrogen) atoms. The van der Waals surface area contributed by atoms with Gasteiger partial charge in [-0.3, -0.25) is 4.79 Å². The molecule has 2 rings (SSSR count). The minimum Gasteiger partial charge on any atom is -0.484 e. The molecule has 0 aliphatic heterocycles. The van der Waals surface area contributed by atoms with E-state index in [0.29, 0.717) is 10.8 Å². The topological polar surface area (TPSA) is 38.3 Å². The predicted molar refractivity (Wildman–Crippen MR) is 82.0 cm³/mol. The van der Waals surface area contributed by atoms with E-state index in [2.05, 4.69) is 5.32 Å². The molecule has 0 unspecified atom stereocenters. The van der Waals surface area contributed by atoms with Crippen molar-refractivity contribution in [2.75, 3.05) is 11.9 Å². The summed E-state index contributed by atoms with van der Waals surface area (Å²) in [7, 11) is 0. The minimum absolute atomic E-state index is 0.209. The smallest absolute Gasteiger partial charge is 0.418 e. The molecule has 2 aromatic rings. The first-order valence-corrected chi connectivity index (χ1v) is 7.07. The largest absolute Gasteiger partial charge is 0.484 e. The average Bonchev–Trinajstić information content (AvgIpc) is 2.47. The Labute approximate surface area is 140 Å². The summed E-state index contributed by atoms with van der Waals surface area (Å²) < 4.78 is 43.9. The summed E-state index contributed by atoms with van der Waals surface area (Å²) in [6.45, 7) is -0.468. The number of carbonyl (C=O) groups excluding carboxylic acids is 1. The highest BCUT2D eigenvalue weighted by Gasteiger charge is 2.34. The first kappa shape index (κ1) is 17.4. The lowest BCUT2D eigenvalue weighted by Crippen LogP contribution is -2.22. The van der Waals surface area contributed by atoms with Gasteiger partial charge in [0.05, 0.1) is 16.3 Å². The number of rotatable bonds is 4. The van der Waals surface area contributed by atoms with Gasteiger partial charge in [0.2, 0.25) is 0 Å². The summed E-state index contributed by atoms with van der Waals surface area (Å²) in [6, 6.07) is 9.44. The number of anilines is 1. The van der Waals surface area contributed by atoms with E-state index >= 15 is 0 Å². The van der Waals surface area contributed by atoms with Crippen molar-refractivity contribution in [3.63, 3.8) is 0 Å². The molecule has 8 heteroatoms. The number of hydrogen-bond acceptors (Lipinski definition) is 2. The Hall–Kier alpha value is -1.92. The maximum atomic E-state index is 12.9. The Morgan fingerprint density at radius 2 is 1.74 bits per heavy atom. The number of carbonyl (C=O) groups is 1. The average molecular weight is 364 g/mol. The number of ether oxygens (including phenoxy) is 1. The third kappa shape index (κ3) is 4.77. The van der Waals surface area contributed by atoms with Gasteiger partial charge < -0.3 is 10.1 Å². The molecule has 0 fully saturated rings. The van der Waals surface area contributed by atoms with Gasteiger partial charge in [-0.2, -0.15) is 13.2 Å². The van der Waals surface area contributed by atoms with Gasteiger partial charge in [0.1, 0.15) is 5.75 Å². The quantitative estimate of drug-likeness (QED) is 0.827. The van der Waals surface area contributed by atoms with Crippen LogP contribution in [-0.2, 0) is 11.0 Å². The second-order valence-electron chi connectivity index (χ2n) is 4.45. The number of hydrogen-bond donors (Lipinski definition) is 1. The van der Waals surface area contributed by atoms with Crippen molar-refractivity contribution in [3.8, 4) is 5.75 Å². The molecule has 3 nitrogen and oxygen atoms in total. The number of amides is 1. The number of alkyl halides is 3. The number of benzene rings is 2. The Balaban J connectivity index is 2.07. The third-order valence-electron chi connectivity index (χ3n) is 2.77. The van der Waals surface area contributed by atoms with Gasteiger partial charge in [-0.15, -0.1) is 0 Å². The zero-order valence-corrected chi connectivity index (χ0v) is 13.0.